The zero-order chi connectivity index (χ0) is 16.1. The van der Waals surface area contributed by atoms with E-state index in [1.54, 1.807) is 0 Å². The average molecular weight is 301 g/mol. The molecule has 1 heterocycles. The van der Waals surface area contributed by atoms with E-state index in [4.69, 9.17) is 0 Å². The lowest BCUT2D eigenvalue weighted by molar-refractivity contribution is -0.663. The molecule has 23 heavy (non-hydrogen) atoms. The molecule has 0 radical (unpaired) electrons. The van der Waals surface area contributed by atoms with E-state index in [1.807, 2.05) is 18.2 Å². The van der Waals surface area contributed by atoms with E-state index < -0.39 is 0 Å². The fraction of sp³-hybridized carbons (Fsp3) is 0.0952. The molecule has 0 atom stereocenters. The SMILES string of the molecule is C=CCn1c(/C=C/c2ccccc2)[n+](CC=C)c2ccccc21. The zero-order valence-electron chi connectivity index (χ0n) is 13.2. The van der Waals surface area contributed by atoms with Gasteiger partial charge in [0.05, 0.1) is 0 Å². The minimum atomic E-state index is 0.777. The van der Waals surface area contributed by atoms with Gasteiger partial charge < -0.3 is 0 Å². The third kappa shape index (κ3) is 3.02. The number of rotatable bonds is 6. The molecule has 0 saturated carbocycles. The summed E-state index contributed by atoms with van der Waals surface area (Å²) in [6, 6.07) is 18.8. The number of benzene rings is 2. The Morgan fingerprint density at radius 3 is 2.35 bits per heavy atom. The molecule has 0 N–H and O–H groups in total. The minimum absolute atomic E-state index is 0.777. The van der Waals surface area contributed by atoms with Crippen molar-refractivity contribution in [1.29, 1.82) is 0 Å². The molecule has 0 unspecified atom stereocenters. The Hall–Kier alpha value is -2.87. The normalized spacial score (nSPS) is 11.1. The summed E-state index contributed by atoms with van der Waals surface area (Å²) in [6.45, 7) is 9.36. The highest BCUT2D eigenvalue weighted by molar-refractivity contribution is 5.76. The van der Waals surface area contributed by atoms with Crippen LogP contribution in [0.15, 0.2) is 79.9 Å². The Kier molecular flexibility index (Phi) is 4.53. The van der Waals surface area contributed by atoms with Crippen LogP contribution in [0.5, 0.6) is 0 Å². The zero-order valence-corrected chi connectivity index (χ0v) is 13.2. The van der Waals surface area contributed by atoms with E-state index in [0.717, 1.165) is 18.9 Å². The second-order valence-electron chi connectivity index (χ2n) is 5.39. The van der Waals surface area contributed by atoms with Crippen molar-refractivity contribution in [1.82, 2.24) is 4.57 Å². The van der Waals surface area contributed by atoms with Crippen molar-refractivity contribution in [3.8, 4) is 0 Å². The predicted molar refractivity (Wildman–Crippen MR) is 97.9 cm³/mol. The first-order valence-corrected chi connectivity index (χ1v) is 7.81. The Morgan fingerprint density at radius 1 is 0.870 bits per heavy atom. The predicted octanol–water partition coefficient (Wildman–Crippen LogP) is 4.47. The van der Waals surface area contributed by atoms with Crippen molar-refractivity contribution in [3.05, 3.63) is 91.3 Å². The molecule has 0 saturated heterocycles. The van der Waals surface area contributed by atoms with Crippen LogP contribution in [0.3, 0.4) is 0 Å². The highest BCUT2D eigenvalue weighted by Crippen LogP contribution is 2.17. The molecule has 0 aliphatic rings. The number of hydrogen-bond donors (Lipinski definition) is 0. The van der Waals surface area contributed by atoms with Gasteiger partial charge >= 0.3 is 0 Å². The summed E-state index contributed by atoms with van der Waals surface area (Å²) in [7, 11) is 0. The average Bonchev–Trinajstić information content (AvgIpc) is 2.88. The van der Waals surface area contributed by atoms with Crippen molar-refractivity contribution < 1.29 is 4.57 Å². The molecule has 3 rings (SSSR count). The smallest absolute Gasteiger partial charge is 0.220 e. The standard InChI is InChI=1S/C21H21N2/c1-3-16-22-19-12-8-9-13-20(19)23(17-4-2)21(22)15-14-18-10-6-5-7-11-18/h3-15H,1-2,16-17H2/q+1/b15-14+. The Bertz CT molecular complexity index is 807. The van der Waals surface area contributed by atoms with Crippen molar-refractivity contribution >= 4 is 23.2 Å². The Labute approximate surface area is 137 Å². The van der Waals surface area contributed by atoms with Crippen LogP contribution in [-0.4, -0.2) is 4.57 Å². The molecule has 2 aromatic carbocycles. The van der Waals surface area contributed by atoms with Crippen LogP contribution in [0.1, 0.15) is 11.4 Å². The Balaban J connectivity index is 2.18. The largest absolute Gasteiger partial charge is 0.282 e. The van der Waals surface area contributed by atoms with Crippen LogP contribution in [0.25, 0.3) is 23.2 Å². The van der Waals surface area contributed by atoms with Gasteiger partial charge in [0.15, 0.2) is 11.0 Å². The van der Waals surface area contributed by atoms with Crippen LogP contribution in [-0.2, 0) is 13.1 Å². The van der Waals surface area contributed by atoms with E-state index in [2.05, 4.69) is 83.0 Å². The summed E-state index contributed by atoms with van der Waals surface area (Å²) in [5, 5.41) is 0. The topological polar surface area (TPSA) is 8.81 Å². The third-order valence-electron chi connectivity index (χ3n) is 3.86. The van der Waals surface area contributed by atoms with Gasteiger partial charge in [0.2, 0.25) is 0 Å². The molecular weight excluding hydrogens is 280 g/mol. The molecule has 2 heteroatoms. The number of imidazole rings is 1. The summed E-state index contributed by atoms with van der Waals surface area (Å²) in [5.41, 5.74) is 3.61. The molecule has 3 aromatic rings. The maximum absolute atomic E-state index is 3.90. The van der Waals surface area contributed by atoms with Crippen LogP contribution in [0, 0.1) is 0 Å². The number of fused-ring (bicyclic) bond motifs is 1. The molecule has 0 fully saturated rings. The van der Waals surface area contributed by atoms with Gasteiger partial charge in [-0.25, -0.2) is 9.13 Å². The van der Waals surface area contributed by atoms with Crippen LogP contribution >= 0.6 is 0 Å². The van der Waals surface area contributed by atoms with Gasteiger partial charge in [-0.2, -0.15) is 0 Å². The van der Waals surface area contributed by atoms with Gasteiger partial charge in [0.25, 0.3) is 5.82 Å². The lowest BCUT2D eigenvalue weighted by Crippen LogP contribution is -2.35. The number of para-hydroxylation sites is 2. The number of aromatic nitrogens is 2. The van der Waals surface area contributed by atoms with Gasteiger partial charge in [0, 0.05) is 6.08 Å². The summed E-state index contributed by atoms with van der Waals surface area (Å²) < 4.78 is 4.57. The lowest BCUT2D eigenvalue weighted by atomic mass is 10.2. The van der Waals surface area contributed by atoms with E-state index in [1.165, 1.54) is 16.6 Å². The second-order valence-corrected chi connectivity index (χ2v) is 5.39. The van der Waals surface area contributed by atoms with Crippen molar-refractivity contribution in [2.75, 3.05) is 0 Å². The first kappa shape index (κ1) is 15.0. The lowest BCUT2D eigenvalue weighted by Gasteiger charge is -1.98. The van der Waals surface area contributed by atoms with Gasteiger partial charge in [-0.05, 0) is 23.8 Å². The highest BCUT2D eigenvalue weighted by atomic mass is 15.2. The maximum Gasteiger partial charge on any atom is 0.282 e. The van der Waals surface area contributed by atoms with E-state index in [-0.39, 0.29) is 0 Å². The summed E-state index contributed by atoms with van der Waals surface area (Å²) in [6.07, 6.45) is 8.19. The van der Waals surface area contributed by atoms with Crippen molar-refractivity contribution in [3.63, 3.8) is 0 Å². The van der Waals surface area contributed by atoms with E-state index >= 15 is 0 Å². The van der Waals surface area contributed by atoms with Crippen molar-refractivity contribution in [2.45, 2.75) is 13.1 Å². The minimum Gasteiger partial charge on any atom is -0.220 e. The summed E-state index contributed by atoms with van der Waals surface area (Å²) in [4.78, 5) is 0. The third-order valence-corrected chi connectivity index (χ3v) is 3.86. The molecule has 0 spiro atoms. The molecule has 0 bridgehead atoms. The summed E-state index contributed by atoms with van der Waals surface area (Å²) >= 11 is 0. The van der Waals surface area contributed by atoms with Crippen LogP contribution in [0.4, 0.5) is 0 Å². The Morgan fingerprint density at radius 2 is 1.61 bits per heavy atom. The monoisotopic (exact) mass is 301 g/mol. The van der Waals surface area contributed by atoms with Gasteiger partial charge in [-0.3, -0.25) is 0 Å². The number of nitrogens with zero attached hydrogens (tertiary/aromatic N) is 2. The van der Waals surface area contributed by atoms with Gasteiger partial charge in [-0.15, -0.1) is 0 Å². The van der Waals surface area contributed by atoms with E-state index in [9.17, 15) is 0 Å². The van der Waals surface area contributed by atoms with Gasteiger partial charge in [-0.1, -0.05) is 67.8 Å². The molecule has 0 aliphatic carbocycles. The molecule has 114 valence electrons. The van der Waals surface area contributed by atoms with Crippen LogP contribution < -0.4 is 4.57 Å². The molecule has 1 aromatic heterocycles. The maximum atomic E-state index is 3.90. The van der Waals surface area contributed by atoms with Crippen molar-refractivity contribution in [2.24, 2.45) is 0 Å². The fourth-order valence-corrected chi connectivity index (χ4v) is 2.87. The van der Waals surface area contributed by atoms with Gasteiger partial charge in [0.1, 0.15) is 13.1 Å². The molecule has 0 aliphatic heterocycles. The summed E-state index contributed by atoms with van der Waals surface area (Å²) in [5.74, 6) is 1.15. The highest BCUT2D eigenvalue weighted by Gasteiger charge is 2.20. The molecular formula is C21H21N2+. The van der Waals surface area contributed by atoms with E-state index in [0.29, 0.717) is 0 Å². The first-order chi connectivity index (χ1) is 11.3. The fourth-order valence-electron chi connectivity index (χ4n) is 2.87. The quantitative estimate of drug-likeness (QED) is 0.469. The second kappa shape index (κ2) is 6.93. The first-order valence-electron chi connectivity index (χ1n) is 7.81. The molecule has 2 nitrogen and oxygen atoms in total. The van der Waals surface area contributed by atoms with Crippen LogP contribution in [0.2, 0.25) is 0 Å². The number of hydrogen-bond acceptors (Lipinski definition) is 0. The number of allylic oxidation sites excluding steroid dienone is 2. The molecule has 0 amide bonds.